The van der Waals surface area contributed by atoms with Crippen LogP contribution in [0.1, 0.15) is 39.5 Å². The molecule has 0 bridgehead atoms. The number of nitrogens with one attached hydrogen (secondary N) is 1. The van der Waals surface area contributed by atoms with Crippen LogP contribution >= 0.6 is 0 Å². The van der Waals surface area contributed by atoms with Crippen molar-refractivity contribution in [1.29, 1.82) is 0 Å². The van der Waals surface area contributed by atoms with Gasteiger partial charge in [0.05, 0.1) is 0 Å². The summed E-state index contributed by atoms with van der Waals surface area (Å²) in [6, 6.07) is 0.760. The molecule has 0 saturated heterocycles. The molecule has 0 heterocycles. The average molecular weight is 181 g/mol. The third-order valence-electron chi connectivity index (χ3n) is 3.40. The lowest BCUT2D eigenvalue weighted by molar-refractivity contribution is 0.320. The van der Waals surface area contributed by atoms with Gasteiger partial charge in [-0.1, -0.05) is 26.0 Å². The van der Waals surface area contributed by atoms with Crippen molar-refractivity contribution in [2.75, 3.05) is 7.05 Å². The van der Waals surface area contributed by atoms with Gasteiger partial charge >= 0.3 is 0 Å². The highest BCUT2D eigenvalue weighted by Gasteiger charge is 2.22. The van der Waals surface area contributed by atoms with Crippen molar-refractivity contribution in [3.8, 4) is 0 Å². The third kappa shape index (κ3) is 2.84. The summed E-state index contributed by atoms with van der Waals surface area (Å²) in [7, 11) is 2.07. The Labute approximate surface area is 82.6 Å². The van der Waals surface area contributed by atoms with E-state index in [0.717, 1.165) is 12.0 Å². The fraction of sp³-hybridized carbons (Fsp3) is 0.833. The molecule has 0 aromatic rings. The Balaban J connectivity index is 2.36. The Kier molecular flexibility index (Phi) is 3.98. The van der Waals surface area contributed by atoms with E-state index in [1.54, 1.807) is 0 Å². The van der Waals surface area contributed by atoms with Crippen LogP contribution in [0.25, 0.3) is 0 Å². The van der Waals surface area contributed by atoms with Crippen molar-refractivity contribution in [2.24, 2.45) is 11.8 Å². The second-order valence-corrected chi connectivity index (χ2v) is 4.57. The molecule has 0 aliphatic heterocycles. The van der Waals surface area contributed by atoms with Gasteiger partial charge in [0.15, 0.2) is 0 Å². The first-order valence-electron chi connectivity index (χ1n) is 5.51. The highest BCUT2D eigenvalue weighted by atomic mass is 14.9. The van der Waals surface area contributed by atoms with Gasteiger partial charge in [-0.25, -0.2) is 0 Å². The van der Waals surface area contributed by atoms with Gasteiger partial charge in [0.25, 0.3) is 0 Å². The highest BCUT2D eigenvalue weighted by molar-refractivity contribution is 5.05. The van der Waals surface area contributed by atoms with Crippen molar-refractivity contribution >= 4 is 0 Å². The number of hydrogen-bond donors (Lipinski definition) is 1. The first kappa shape index (κ1) is 10.8. The van der Waals surface area contributed by atoms with E-state index in [1.165, 1.54) is 31.3 Å². The van der Waals surface area contributed by atoms with Crippen molar-refractivity contribution in [2.45, 2.75) is 45.6 Å². The summed E-state index contributed by atoms with van der Waals surface area (Å²) in [5, 5.41) is 3.36. The molecule has 1 N–H and O–H groups in total. The molecular formula is C12H23N. The molecule has 76 valence electrons. The molecule has 1 rings (SSSR count). The molecule has 1 fully saturated rings. The Bertz CT molecular complexity index is 164. The second kappa shape index (κ2) is 4.80. The Hall–Kier alpha value is -0.300. The predicted octanol–water partition coefficient (Wildman–Crippen LogP) is 2.98. The minimum Gasteiger partial charge on any atom is -0.317 e. The number of hydrogen-bond acceptors (Lipinski definition) is 1. The van der Waals surface area contributed by atoms with E-state index >= 15 is 0 Å². The van der Waals surface area contributed by atoms with E-state index in [9.17, 15) is 0 Å². The Morgan fingerprint density at radius 2 is 1.77 bits per heavy atom. The molecule has 13 heavy (non-hydrogen) atoms. The third-order valence-corrected chi connectivity index (χ3v) is 3.40. The maximum absolute atomic E-state index is 4.21. The molecule has 0 atom stereocenters. The van der Waals surface area contributed by atoms with Crippen molar-refractivity contribution in [1.82, 2.24) is 5.32 Å². The second-order valence-electron chi connectivity index (χ2n) is 4.57. The maximum Gasteiger partial charge on any atom is 0.00644 e. The molecule has 0 aromatic heterocycles. The van der Waals surface area contributed by atoms with Crippen LogP contribution in [-0.2, 0) is 0 Å². The molecule has 0 aromatic carbocycles. The minimum atomic E-state index is 0.663. The highest BCUT2D eigenvalue weighted by Crippen LogP contribution is 2.32. The standard InChI is InChI=1S/C12H23N/c1-9(2)10(3)11-5-7-12(13-4)8-6-11/h9,11-13H,3,5-8H2,1-2,4H3. The summed E-state index contributed by atoms with van der Waals surface area (Å²) in [6.07, 6.45) is 5.32. The molecule has 1 aliphatic carbocycles. The van der Waals surface area contributed by atoms with Gasteiger partial charge in [0.1, 0.15) is 0 Å². The van der Waals surface area contributed by atoms with Crippen molar-refractivity contribution < 1.29 is 0 Å². The summed E-state index contributed by atoms with van der Waals surface area (Å²) in [5.74, 6) is 1.46. The van der Waals surface area contributed by atoms with Crippen LogP contribution in [0.3, 0.4) is 0 Å². The minimum absolute atomic E-state index is 0.663. The van der Waals surface area contributed by atoms with Crippen LogP contribution in [0.4, 0.5) is 0 Å². The summed E-state index contributed by atoms with van der Waals surface area (Å²) in [6.45, 7) is 8.72. The lowest BCUT2D eigenvalue weighted by atomic mass is 9.78. The number of allylic oxidation sites excluding steroid dienone is 1. The first-order valence-corrected chi connectivity index (χ1v) is 5.51. The van der Waals surface area contributed by atoms with Gasteiger partial charge in [0, 0.05) is 6.04 Å². The SMILES string of the molecule is C=C(C(C)C)C1CCC(NC)CC1. The summed E-state index contributed by atoms with van der Waals surface area (Å²) < 4.78 is 0. The summed E-state index contributed by atoms with van der Waals surface area (Å²) >= 11 is 0. The van der Waals surface area contributed by atoms with Gasteiger partial charge in [-0.15, -0.1) is 0 Å². The average Bonchev–Trinajstić information content (AvgIpc) is 2.17. The smallest absolute Gasteiger partial charge is 0.00644 e. The predicted molar refractivity (Wildman–Crippen MR) is 58.8 cm³/mol. The van der Waals surface area contributed by atoms with Crippen LogP contribution in [0, 0.1) is 11.8 Å². The quantitative estimate of drug-likeness (QED) is 0.660. The van der Waals surface area contributed by atoms with Crippen LogP contribution in [-0.4, -0.2) is 13.1 Å². The molecule has 0 unspecified atom stereocenters. The fourth-order valence-electron chi connectivity index (χ4n) is 2.22. The largest absolute Gasteiger partial charge is 0.317 e. The van der Waals surface area contributed by atoms with E-state index in [-0.39, 0.29) is 0 Å². The normalized spacial score (nSPS) is 29.2. The molecule has 0 radical (unpaired) electrons. The van der Waals surface area contributed by atoms with Crippen LogP contribution in [0.15, 0.2) is 12.2 Å². The summed E-state index contributed by atoms with van der Waals surface area (Å²) in [4.78, 5) is 0. The zero-order chi connectivity index (χ0) is 9.84. The van der Waals surface area contributed by atoms with Gasteiger partial charge < -0.3 is 5.32 Å². The zero-order valence-corrected chi connectivity index (χ0v) is 9.27. The van der Waals surface area contributed by atoms with E-state index in [2.05, 4.69) is 32.8 Å². The molecular weight excluding hydrogens is 158 g/mol. The van der Waals surface area contributed by atoms with E-state index in [0.29, 0.717) is 5.92 Å². The van der Waals surface area contributed by atoms with Gasteiger partial charge in [-0.3, -0.25) is 0 Å². The molecule has 1 saturated carbocycles. The maximum atomic E-state index is 4.21. The monoisotopic (exact) mass is 181 g/mol. The van der Waals surface area contributed by atoms with Crippen LogP contribution < -0.4 is 5.32 Å². The van der Waals surface area contributed by atoms with Crippen LogP contribution in [0.2, 0.25) is 0 Å². The zero-order valence-electron chi connectivity index (χ0n) is 9.27. The fourth-order valence-corrected chi connectivity index (χ4v) is 2.22. The lowest BCUT2D eigenvalue weighted by Crippen LogP contribution is -2.30. The van der Waals surface area contributed by atoms with Gasteiger partial charge in [-0.05, 0) is 44.6 Å². The molecule has 0 spiro atoms. The van der Waals surface area contributed by atoms with E-state index < -0.39 is 0 Å². The number of rotatable bonds is 3. The molecule has 1 heteroatoms. The first-order chi connectivity index (χ1) is 6.15. The van der Waals surface area contributed by atoms with Gasteiger partial charge in [-0.2, -0.15) is 0 Å². The van der Waals surface area contributed by atoms with Crippen molar-refractivity contribution in [3.63, 3.8) is 0 Å². The molecule has 1 aliphatic rings. The molecule has 0 amide bonds. The van der Waals surface area contributed by atoms with E-state index in [1.807, 2.05) is 0 Å². The van der Waals surface area contributed by atoms with E-state index in [4.69, 9.17) is 0 Å². The molecule has 1 nitrogen and oxygen atoms in total. The Morgan fingerprint density at radius 3 is 2.15 bits per heavy atom. The lowest BCUT2D eigenvalue weighted by Gasteiger charge is -2.30. The van der Waals surface area contributed by atoms with Crippen LogP contribution in [0.5, 0.6) is 0 Å². The van der Waals surface area contributed by atoms with Crippen molar-refractivity contribution in [3.05, 3.63) is 12.2 Å². The summed E-state index contributed by atoms with van der Waals surface area (Å²) in [5.41, 5.74) is 1.47. The van der Waals surface area contributed by atoms with Gasteiger partial charge in [0.2, 0.25) is 0 Å². The topological polar surface area (TPSA) is 12.0 Å². The Morgan fingerprint density at radius 1 is 1.23 bits per heavy atom.